The number of nitrogens with zero attached hydrogens (tertiary/aromatic N) is 2. The fraction of sp³-hybridized carbons (Fsp3) is 0.667. The summed E-state index contributed by atoms with van der Waals surface area (Å²) in [5, 5.41) is 9.90. The molecule has 26 heavy (non-hydrogen) atoms. The third-order valence-corrected chi connectivity index (χ3v) is 4.10. The highest BCUT2D eigenvalue weighted by atomic mass is 16.5. The second-order valence-corrected chi connectivity index (χ2v) is 5.94. The molecule has 0 aromatic heterocycles. The summed E-state index contributed by atoms with van der Waals surface area (Å²) in [4.78, 5) is 14.2. The van der Waals surface area contributed by atoms with E-state index < -0.39 is 0 Å². The summed E-state index contributed by atoms with van der Waals surface area (Å²) in [5.74, 6) is -0.381. The molecule has 0 radical (unpaired) electrons. The molecule has 0 bridgehead atoms. The SMILES string of the molecule is CC.CC.CCCN(C)CCC1OCCc2cc(C(=O)N(C)O)ccc21. The van der Waals surface area contributed by atoms with Crippen molar-refractivity contribution in [3.63, 3.8) is 0 Å². The zero-order chi connectivity index (χ0) is 20.1. The molecule has 0 fully saturated rings. The Kier molecular flexibility index (Phi) is 13.0. The smallest absolute Gasteiger partial charge is 0.276 e. The lowest BCUT2D eigenvalue weighted by Crippen LogP contribution is -2.26. The van der Waals surface area contributed by atoms with Crippen molar-refractivity contribution >= 4 is 5.91 Å². The summed E-state index contributed by atoms with van der Waals surface area (Å²) in [7, 11) is 3.48. The van der Waals surface area contributed by atoms with Crippen LogP contribution in [0.25, 0.3) is 0 Å². The summed E-state index contributed by atoms with van der Waals surface area (Å²) < 4.78 is 5.91. The van der Waals surface area contributed by atoms with Crippen molar-refractivity contribution in [1.29, 1.82) is 0 Å². The molecule has 1 heterocycles. The van der Waals surface area contributed by atoms with Crippen molar-refractivity contribution in [2.24, 2.45) is 0 Å². The minimum absolute atomic E-state index is 0.0964. The van der Waals surface area contributed by atoms with Crippen molar-refractivity contribution in [3.8, 4) is 0 Å². The minimum Gasteiger partial charge on any atom is -0.373 e. The Morgan fingerprint density at radius 3 is 2.42 bits per heavy atom. The molecule has 1 aromatic rings. The molecule has 0 aliphatic carbocycles. The Morgan fingerprint density at radius 1 is 1.19 bits per heavy atom. The number of carbonyl (C=O) groups excluding carboxylic acids is 1. The van der Waals surface area contributed by atoms with E-state index in [1.165, 1.54) is 12.6 Å². The standard InChI is InChI=1S/C17H26N2O3.2C2H6/c1-4-9-18(2)10-7-16-15-6-5-14(17(20)19(3)21)12-13(15)8-11-22-16;2*1-2/h5-6,12,16,21H,4,7-11H2,1-3H3;2*1-2H3. The molecule has 5 nitrogen and oxygen atoms in total. The van der Waals surface area contributed by atoms with Crippen LogP contribution in [0.5, 0.6) is 0 Å². The van der Waals surface area contributed by atoms with Crippen LogP contribution in [0.3, 0.4) is 0 Å². The lowest BCUT2D eigenvalue weighted by Gasteiger charge is -2.28. The normalized spacial score (nSPS) is 15.2. The van der Waals surface area contributed by atoms with E-state index in [2.05, 4.69) is 18.9 Å². The summed E-state index contributed by atoms with van der Waals surface area (Å²) in [6.45, 7) is 13.0. The van der Waals surface area contributed by atoms with Crippen LogP contribution in [0.1, 0.15) is 75.0 Å². The van der Waals surface area contributed by atoms with E-state index >= 15 is 0 Å². The van der Waals surface area contributed by atoms with Crippen LogP contribution in [0.4, 0.5) is 0 Å². The predicted octanol–water partition coefficient (Wildman–Crippen LogP) is 4.55. The van der Waals surface area contributed by atoms with E-state index in [0.29, 0.717) is 17.2 Å². The first-order chi connectivity index (χ1) is 12.5. The van der Waals surface area contributed by atoms with Crippen LogP contribution in [0.2, 0.25) is 0 Å². The Hall–Kier alpha value is -1.43. The second kappa shape index (κ2) is 13.7. The second-order valence-electron chi connectivity index (χ2n) is 5.94. The number of fused-ring (bicyclic) bond motifs is 1. The lowest BCUT2D eigenvalue weighted by atomic mass is 9.93. The number of hydrogen-bond acceptors (Lipinski definition) is 4. The maximum Gasteiger partial charge on any atom is 0.276 e. The van der Waals surface area contributed by atoms with Gasteiger partial charge in [-0.1, -0.05) is 40.7 Å². The molecule has 1 atom stereocenters. The number of hydroxylamine groups is 2. The van der Waals surface area contributed by atoms with Crippen molar-refractivity contribution in [2.45, 2.75) is 60.0 Å². The van der Waals surface area contributed by atoms with Gasteiger partial charge < -0.3 is 9.64 Å². The molecule has 1 amide bonds. The molecule has 0 saturated heterocycles. The van der Waals surface area contributed by atoms with E-state index in [-0.39, 0.29) is 12.0 Å². The predicted molar refractivity (Wildman–Crippen MR) is 108 cm³/mol. The van der Waals surface area contributed by atoms with Gasteiger partial charge in [-0.3, -0.25) is 10.0 Å². The number of carbonyl (C=O) groups is 1. The number of benzene rings is 1. The van der Waals surface area contributed by atoms with Crippen molar-refractivity contribution < 1.29 is 14.7 Å². The van der Waals surface area contributed by atoms with Crippen molar-refractivity contribution in [3.05, 3.63) is 34.9 Å². The highest BCUT2D eigenvalue weighted by molar-refractivity contribution is 5.93. The van der Waals surface area contributed by atoms with Crippen LogP contribution in [-0.4, -0.2) is 54.9 Å². The van der Waals surface area contributed by atoms with Gasteiger partial charge in [0.05, 0.1) is 12.7 Å². The van der Waals surface area contributed by atoms with Gasteiger partial charge in [0.2, 0.25) is 0 Å². The number of ether oxygens (including phenoxy) is 1. The quantitative estimate of drug-likeness (QED) is 0.593. The van der Waals surface area contributed by atoms with E-state index in [1.807, 2.05) is 39.8 Å². The molecule has 5 heteroatoms. The molecule has 0 saturated carbocycles. The molecule has 150 valence electrons. The first-order valence-corrected chi connectivity index (χ1v) is 9.92. The molecule has 1 N–H and O–H groups in total. The topological polar surface area (TPSA) is 53.0 Å². The van der Waals surface area contributed by atoms with Crippen LogP contribution in [0, 0.1) is 0 Å². The van der Waals surface area contributed by atoms with Gasteiger partial charge >= 0.3 is 0 Å². The zero-order valence-corrected chi connectivity index (χ0v) is 17.7. The molecule has 0 spiro atoms. The summed E-state index contributed by atoms with van der Waals surface area (Å²) >= 11 is 0. The fourth-order valence-electron chi connectivity index (χ4n) is 2.93. The molecule has 1 aliphatic rings. The van der Waals surface area contributed by atoms with E-state index in [1.54, 1.807) is 6.07 Å². The van der Waals surface area contributed by atoms with Crippen LogP contribution in [-0.2, 0) is 11.2 Å². The fourth-order valence-corrected chi connectivity index (χ4v) is 2.93. The molecule has 1 aromatic carbocycles. The highest BCUT2D eigenvalue weighted by Gasteiger charge is 2.22. The maximum atomic E-state index is 11.8. The number of rotatable bonds is 6. The maximum absolute atomic E-state index is 11.8. The summed E-state index contributed by atoms with van der Waals surface area (Å²) in [6, 6.07) is 5.62. The van der Waals surface area contributed by atoms with Gasteiger partial charge in [0, 0.05) is 19.2 Å². The molecule has 1 unspecified atom stereocenters. The van der Waals surface area contributed by atoms with Crippen LogP contribution in [0.15, 0.2) is 18.2 Å². The van der Waals surface area contributed by atoms with E-state index in [0.717, 1.165) is 37.9 Å². The first-order valence-electron chi connectivity index (χ1n) is 9.92. The van der Waals surface area contributed by atoms with Crippen molar-refractivity contribution in [1.82, 2.24) is 9.96 Å². The summed E-state index contributed by atoms with van der Waals surface area (Å²) in [5.41, 5.74) is 2.85. The Labute approximate surface area is 159 Å². The molecular formula is C21H38N2O3. The Bertz CT molecular complexity index is 518. The largest absolute Gasteiger partial charge is 0.373 e. The zero-order valence-electron chi connectivity index (χ0n) is 17.7. The molecule has 2 rings (SSSR count). The Balaban J connectivity index is 0.00000146. The monoisotopic (exact) mass is 366 g/mol. The lowest BCUT2D eigenvalue weighted by molar-refractivity contribution is -0.0375. The van der Waals surface area contributed by atoms with Gasteiger partial charge in [-0.15, -0.1) is 0 Å². The molecule has 1 aliphatic heterocycles. The average molecular weight is 367 g/mol. The third-order valence-electron chi connectivity index (χ3n) is 4.10. The summed E-state index contributed by atoms with van der Waals surface area (Å²) in [6.07, 6.45) is 3.02. The average Bonchev–Trinajstić information content (AvgIpc) is 2.68. The van der Waals surface area contributed by atoms with Crippen molar-refractivity contribution in [2.75, 3.05) is 33.8 Å². The molecular weight excluding hydrogens is 328 g/mol. The van der Waals surface area contributed by atoms with Gasteiger partial charge in [0.1, 0.15) is 0 Å². The van der Waals surface area contributed by atoms with Gasteiger partial charge in [0.15, 0.2) is 0 Å². The number of amides is 1. The van der Waals surface area contributed by atoms with E-state index in [4.69, 9.17) is 4.74 Å². The van der Waals surface area contributed by atoms with Crippen LogP contribution >= 0.6 is 0 Å². The van der Waals surface area contributed by atoms with Gasteiger partial charge in [0.25, 0.3) is 5.91 Å². The third kappa shape index (κ3) is 7.44. The minimum atomic E-state index is -0.381. The Morgan fingerprint density at radius 2 is 1.85 bits per heavy atom. The highest BCUT2D eigenvalue weighted by Crippen LogP contribution is 2.30. The first kappa shape index (κ1) is 24.6. The van der Waals surface area contributed by atoms with Gasteiger partial charge in [-0.05, 0) is 56.1 Å². The van der Waals surface area contributed by atoms with Gasteiger partial charge in [-0.2, -0.15) is 0 Å². The number of hydrogen-bond donors (Lipinski definition) is 1. The van der Waals surface area contributed by atoms with E-state index in [9.17, 15) is 10.0 Å². The van der Waals surface area contributed by atoms with Gasteiger partial charge in [-0.25, -0.2) is 5.06 Å². The van der Waals surface area contributed by atoms with Crippen LogP contribution < -0.4 is 0 Å².